The molecule has 0 aliphatic carbocycles. The van der Waals surface area contributed by atoms with E-state index < -0.39 is 5.97 Å². The van der Waals surface area contributed by atoms with E-state index in [4.69, 9.17) is 9.47 Å². The van der Waals surface area contributed by atoms with Crippen molar-refractivity contribution in [1.82, 2.24) is 4.57 Å². The second-order valence-corrected chi connectivity index (χ2v) is 5.72. The lowest BCUT2D eigenvalue weighted by atomic mass is 9.98. The molecule has 0 fully saturated rings. The summed E-state index contributed by atoms with van der Waals surface area (Å²) in [6.45, 7) is 5.82. The van der Waals surface area contributed by atoms with Crippen molar-refractivity contribution < 1.29 is 19.4 Å². The van der Waals surface area contributed by atoms with Crippen LogP contribution in [0, 0.1) is 0 Å². The summed E-state index contributed by atoms with van der Waals surface area (Å²) in [4.78, 5) is 11.3. The second kappa shape index (κ2) is 6.94. The zero-order valence-electron chi connectivity index (χ0n) is 13.5. The van der Waals surface area contributed by atoms with Crippen molar-refractivity contribution in [2.45, 2.75) is 26.4 Å². The van der Waals surface area contributed by atoms with Gasteiger partial charge in [0.1, 0.15) is 5.69 Å². The molecule has 1 aromatic heterocycles. The molecule has 0 saturated carbocycles. The Balaban J connectivity index is 2.43. The molecule has 2 rings (SSSR count). The minimum Gasteiger partial charge on any atom is -0.477 e. The lowest BCUT2D eigenvalue weighted by molar-refractivity contribution is 0.0617. The molecule has 0 saturated heterocycles. The summed E-state index contributed by atoms with van der Waals surface area (Å²) < 4.78 is 12.3. The van der Waals surface area contributed by atoms with Gasteiger partial charge in [-0.3, -0.25) is 0 Å². The molecule has 0 spiro atoms. The van der Waals surface area contributed by atoms with Crippen molar-refractivity contribution >= 4 is 16.9 Å². The van der Waals surface area contributed by atoms with Gasteiger partial charge in [-0.2, -0.15) is 0 Å². The van der Waals surface area contributed by atoms with E-state index in [1.165, 1.54) is 0 Å². The van der Waals surface area contributed by atoms with Gasteiger partial charge in [0.2, 0.25) is 0 Å². The minimum absolute atomic E-state index is 0.300. The van der Waals surface area contributed by atoms with Crippen LogP contribution >= 0.6 is 0 Å². The summed E-state index contributed by atoms with van der Waals surface area (Å²) in [6.07, 6.45) is 0. The van der Waals surface area contributed by atoms with Crippen LogP contribution in [0.5, 0.6) is 0 Å². The molecular weight excluding hydrogens is 282 g/mol. The van der Waals surface area contributed by atoms with E-state index in [1.807, 2.05) is 6.07 Å². The summed E-state index contributed by atoms with van der Waals surface area (Å²) >= 11 is 0. The fourth-order valence-electron chi connectivity index (χ4n) is 2.67. The van der Waals surface area contributed by atoms with E-state index in [2.05, 4.69) is 19.9 Å². The van der Waals surface area contributed by atoms with Crippen molar-refractivity contribution in [3.63, 3.8) is 0 Å². The number of hydrogen-bond donors (Lipinski definition) is 1. The highest BCUT2D eigenvalue weighted by atomic mass is 16.5. The zero-order valence-corrected chi connectivity index (χ0v) is 13.5. The third-order valence-corrected chi connectivity index (χ3v) is 3.76. The number of aromatic nitrogens is 1. The number of benzene rings is 1. The number of carbonyl (C=O) groups is 1. The van der Waals surface area contributed by atoms with Gasteiger partial charge in [-0.1, -0.05) is 19.9 Å². The van der Waals surface area contributed by atoms with Crippen molar-refractivity contribution in [3.05, 3.63) is 35.0 Å². The van der Waals surface area contributed by atoms with Gasteiger partial charge < -0.3 is 19.1 Å². The van der Waals surface area contributed by atoms with Crippen LogP contribution in [0.25, 0.3) is 10.9 Å². The van der Waals surface area contributed by atoms with Crippen LogP contribution in [0.4, 0.5) is 0 Å². The van der Waals surface area contributed by atoms with Crippen LogP contribution in [-0.2, 0) is 23.1 Å². The highest BCUT2D eigenvalue weighted by molar-refractivity contribution is 5.96. The van der Waals surface area contributed by atoms with Crippen molar-refractivity contribution in [1.29, 1.82) is 0 Å². The molecule has 0 aliphatic heterocycles. The third kappa shape index (κ3) is 3.31. The standard InChI is InChI=1S/C17H23NO4/c1-11(2)14-8-12(10-22-6-5-21-4)7-13-9-15(17(19)20)18(3)16(13)14/h7-9,11H,5-6,10H2,1-4H3,(H,19,20). The van der Waals surface area contributed by atoms with E-state index in [9.17, 15) is 9.90 Å². The molecular formula is C17H23NO4. The Bertz CT molecular complexity index is 673. The summed E-state index contributed by atoms with van der Waals surface area (Å²) in [5.41, 5.74) is 3.47. The molecule has 0 amide bonds. The maximum Gasteiger partial charge on any atom is 0.352 e. The molecule has 5 nitrogen and oxygen atoms in total. The predicted molar refractivity (Wildman–Crippen MR) is 85.5 cm³/mol. The molecule has 1 N–H and O–H groups in total. The number of hydrogen-bond acceptors (Lipinski definition) is 3. The number of aryl methyl sites for hydroxylation is 1. The Labute approximate surface area is 130 Å². The third-order valence-electron chi connectivity index (χ3n) is 3.76. The van der Waals surface area contributed by atoms with Crippen LogP contribution in [0.1, 0.15) is 41.4 Å². The number of ether oxygens (including phenoxy) is 2. The lowest BCUT2D eigenvalue weighted by Crippen LogP contribution is -2.06. The lowest BCUT2D eigenvalue weighted by Gasteiger charge is -2.13. The van der Waals surface area contributed by atoms with Gasteiger partial charge in [-0.25, -0.2) is 4.79 Å². The molecule has 0 unspecified atom stereocenters. The van der Waals surface area contributed by atoms with E-state index in [0.717, 1.165) is 22.0 Å². The Morgan fingerprint density at radius 1 is 1.27 bits per heavy atom. The molecule has 5 heteroatoms. The maximum atomic E-state index is 11.3. The van der Waals surface area contributed by atoms with Crippen LogP contribution < -0.4 is 0 Å². The van der Waals surface area contributed by atoms with Gasteiger partial charge >= 0.3 is 5.97 Å². The van der Waals surface area contributed by atoms with Gasteiger partial charge in [0.25, 0.3) is 0 Å². The van der Waals surface area contributed by atoms with E-state index in [1.54, 1.807) is 24.8 Å². The Hall–Kier alpha value is -1.85. The normalized spacial score (nSPS) is 11.5. The first-order valence-electron chi connectivity index (χ1n) is 7.38. The Morgan fingerprint density at radius 3 is 2.59 bits per heavy atom. The number of aromatic carboxylic acids is 1. The first kappa shape index (κ1) is 16.5. The molecule has 0 aliphatic rings. The van der Waals surface area contributed by atoms with Gasteiger partial charge in [0.05, 0.1) is 25.3 Å². The van der Waals surface area contributed by atoms with E-state index >= 15 is 0 Å². The molecule has 22 heavy (non-hydrogen) atoms. The first-order chi connectivity index (χ1) is 10.5. The smallest absolute Gasteiger partial charge is 0.352 e. The van der Waals surface area contributed by atoms with Gasteiger partial charge in [-0.15, -0.1) is 0 Å². The highest BCUT2D eigenvalue weighted by Gasteiger charge is 2.17. The maximum absolute atomic E-state index is 11.3. The van der Waals surface area contributed by atoms with Gasteiger partial charge in [0.15, 0.2) is 0 Å². The molecule has 0 atom stereocenters. The number of nitrogens with zero attached hydrogens (tertiary/aromatic N) is 1. The summed E-state index contributed by atoms with van der Waals surface area (Å²) in [5, 5.41) is 10.2. The van der Waals surface area contributed by atoms with Crippen LogP contribution in [0.2, 0.25) is 0 Å². The molecule has 0 bridgehead atoms. The predicted octanol–water partition coefficient (Wildman–Crippen LogP) is 3.16. The van der Waals surface area contributed by atoms with Gasteiger partial charge in [-0.05, 0) is 29.2 Å². The van der Waals surface area contributed by atoms with Crippen molar-refractivity contribution in [2.75, 3.05) is 20.3 Å². The van der Waals surface area contributed by atoms with Crippen molar-refractivity contribution in [3.8, 4) is 0 Å². The van der Waals surface area contributed by atoms with Gasteiger partial charge in [0, 0.05) is 19.5 Å². The quantitative estimate of drug-likeness (QED) is 0.798. The summed E-state index contributed by atoms with van der Waals surface area (Å²) in [6, 6.07) is 5.83. The fourth-order valence-corrected chi connectivity index (χ4v) is 2.67. The van der Waals surface area contributed by atoms with E-state index in [-0.39, 0.29) is 0 Å². The number of carboxylic acids is 1. The summed E-state index contributed by atoms with van der Waals surface area (Å²) in [7, 11) is 3.44. The van der Waals surface area contributed by atoms with Crippen LogP contribution in [-0.4, -0.2) is 36.0 Å². The number of rotatable bonds is 7. The molecule has 1 heterocycles. The van der Waals surface area contributed by atoms with Crippen molar-refractivity contribution in [2.24, 2.45) is 7.05 Å². The summed E-state index contributed by atoms with van der Waals surface area (Å²) in [5.74, 6) is -0.608. The Kier molecular flexibility index (Phi) is 5.21. The fraction of sp³-hybridized carbons (Fsp3) is 0.471. The monoisotopic (exact) mass is 305 g/mol. The number of methoxy groups -OCH3 is 1. The van der Waals surface area contributed by atoms with Crippen LogP contribution in [0.15, 0.2) is 18.2 Å². The first-order valence-corrected chi connectivity index (χ1v) is 7.38. The minimum atomic E-state index is -0.911. The van der Waals surface area contributed by atoms with E-state index in [0.29, 0.717) is 31.4 Å². The molecule has 2 aromatic rings. The highest BCUT2D eigenvalue weighted by Crippen LogP contribution is 2.30. The molecule has 0 radical (unpaired) electrons. The SMILES string of the molecule is COCCOCc1cc(C(C)C)c2c(c1)cc(C(=O)O)n2C. The zero-order chi connectivity index (χ0) is 16.3. The topological polar surface area (TPSA) is 60.7 Å². The molecule has 120 valence electrons. The number of carboxylic acid groups (broad SMARTS) is 1. The average molecular weight is 305 g/mol. The van der Waals surface area contributed by atoms with Crippen LogP contribution in [0.3, 0.4) is 0 Å². The molecule has 1 aromatic carbocycles. The average Bonchev–Trinajstić information content (AvgIpc) is 2.80. The second-order valence-electron chi connectivity index (χ2n) is 5.72. The number of fused-ring (bicyclic) bond motifs is 1. The Morgan fingerprint density at radius 2 is 2.00 bits per heavy atom. The largest absolute Gasteiger partial charge is 0.477 e.